The van der Waals surface area contributed by atoms with Gasteiger partial charge in [0.15, 0.2) is 0 Å². The van der Waals surface area contributed by atoms with Crippen LogP contribution < -0.4 is 0 Å². The van der Waals surface area contributed by atoms with Crippen molar-refractivity contribution in [3.05, 3.63) is 12.7 Å². The second-order valence-corrected chi connectivity index (χ2v) is 4.50. The Hall–Kier alpha value is -1.16. The Morgan fingerprint density at radius 3 is 2.44 bits per heavy atom. The number of esters is 2. The van der Waals surface area contributed by atoms with Gasteiger partial charge in [-0.2, -0.15) is 0 Å². The van der Waals surface area contributed by atoms with Gasteiger partial charge in [-0.3, -0.25) is 4.79 Å². The molecular formula is C12H20O4. The van der Waals surface area contributed by atoms with Crippen LogP contribution in [0.3, 0.4) is 0 Å². The first-order valence-corrected chi connectivity index (χ1v) is 5.31. The number of ether oxygens (including phenoxy) is 2. The van der Waals surface area contributed by atoms with E-state index < -0.39 is 17.4 Å². The monoisotopic (exact) mass is 228 g/mol. The molecular weight excluding hydrogens is 208 g/mol. The molecule has 0 saturated carbocycles. The molecule has 0 heterocycles. The number of hydrogen-bond acceptors (Lipinski definition) is 4. The molecule has 0 aliphatic heterocycles. The highest BCUT2D eigenvalue weighted by Gasteiger charge is 2.25. The summed E-state index contributed by atoms with van der Waals surface area (Å²) in [6.07, 6.45) is 3.44. The van der Waals surface area contributed by atoms with Crippen molar-refractivity contribution in [3.8, 4) is 0 Å². The van der Waals surface area contributed by atoms with E-state index in [0.29, 0.717) is 6.61 Å². The number of hydrogen-bond donors (Lipinski definition) is 0. The van der Waals surface area contributed by atoms with E-state index in [9.17, 15) is 9.59 Å². The number of allylic oxidation sites excluding steroid dienone is 1. The summed E-state index contributed by atoms with van der Waals surface area (Å²) in [4.78, 5) is 22.4. The molecule has 0 N–H and O–H groups in total. The zero-order chi connectivity index (χ0) is 12.6. The van der Waals surface area contributed by atoms with Crippen LogP contribution in [-0.4, -0.2) is 25.2 Å². The summed E-state index contributed by atoms with van der Waals surface area (Å²) in [7, 11) is 0. The highest BCUT2D eigenvalue weighted by Crippen LogP contribution is 2.14. The molecule has 0 unspecified atom stereocenters. The lowest BCUT2D eigenvalue weighted by molar-refractivity contribution is -0.168. The van der Waals surface area contributed by atoms with Gasteiger partial charge in [0, 0.05) is 6.61 Å². The van der Waals surface area contributed by atoms with E-state index in [0.717, 1.165) is 12.8 Å². The first-order valence-electron chi connectivity index (χ1n) is 5.31. The first-order chi connectivity index (χ1) is 7.38. The zero-order valence-corrected chi connectivity index (χ0v) is 10.2. The minimum atomic E-state index is -0.668. The van der Waals surface area contributed by atoms with Crippen molar-refractivity contribution in [1.29, 1.82) is 0 Å². The van der Waals surface area contributed by atoms with E-state index >= 15 is 0 Å². The molecule has 4 heteroatoms. The van der Waals surface area contributed by atoms with Crippen molar-refractivity contribution in [1.82, 2.24) is 0 Å². The van der Waals surface area contributed by atoms with Crippen molar-refractivity contribution in [2.45, 2.75) is 33.6 Å². The molecule has 4 nitrogen and oxygen atoms in total. The summed E-state index contributed by atoms with van der Waals surface area (Å²) >= 11 is 0. The van der Waals surface area contributed by atoms with E-state index in [1.807, 2.05) is 0 Å². The predicted octanol–water partition coefficient (Wildman–Crippen LogP) is 2.09. The van der Waals surface area contributed by atoms with Crippen LogP contribution in [0.25, 0.3) is 0 Å². The molecule has 0 aliphatic carbocycles. The van der Waals surface area contributed by atoms with Gasteiger partial charge in [0.1, 0.15) is 6.61 Å². The fourth-order valence-corrected chi connectivity index (χ4v) is 0.771. The van der Waals surface area contributed by atoms with Crippen LogP contribution in [0.1, 0.15) is 33.6 Å². The fourth-order valence-electron chi connectivity index (χ4n) is 0.771. The Morgan fingerprint density at radius 1 is 1.31 bits per heavy atom. The maximum atomic E-state index is 11.3. The molecule has 0 aromatic carbocycles. The van der Waals surface area contributed by atoms with Crippen LogP contribution in [0.15, 0.2) is 12.7 Å². The normalized spacial score (nSPS) is 10.9. The van der Waals surface area contributed by atoms with Gasteiger partial charge in [-0.15, -0.1) is 6.58 Å². The quantitative estimate of drug-likeness (QED) is 0.302. The molecule has 0 fully saturated rings. The summed E-state index contributed by atoms with van der Waals surface area (Å²) in [6, 6.07) is 0. The largest absolute Gasteiger partial charge is 0.391 e. The summed E-state index contributed by atoms with van der Waals surface area (Å²) < 4.78 is 9.63. The van der Waals surface area contributed by atoms with Gasteiger partial charge in [0.05, 0.1) is 5.41 Å². The maximum Gasteiger partial charge on any atom is 0.339 e. The van der Waals surface area contributed by atoms with E-state index in [2.05, 4.69) is 11.3 Å². The average molecular weight is 228 g/mol. The Balaban J connectivity index is 3.67. The first kappa shape index (κ1) is 14.8. The van der Waals surface area contributed by atoms with Crippen LogP contribution in [0, 0.1) is 5.41 Å². The van der Waals surface area contributed by atoms with Gasteiger partial charge >= 0.3 is 11.9 Å². The maximum absolute atomic E-state index is 11.3. The van der Waals surface area contributed by atoms with Crippen LogP contribution in [0.4, 0.5) is 0 Å². The molecule has 0 amide bonds. The summed E-state index contributed by atoms with van der Waals surface area (Å²) in [6.45, 7) is 8.91. The van der Waals surface area contributed by atoms with Crippen LogP contribution >= 0.6 is 0 Å². The topological polar surface area (TPSA) is 52.6 Å². The van der Waals surface area contributed by atoms with Gasteiger partial charge in [0.2, 0.25) is 0 Å². The van der Waals surface area contributed by atoms with E-state index in [1.54, 1.807) is 26.8 Å². The summed E-state index contributed by atoms with van der Waals surface area (Å²) in [5, 5.41) is 0. The SMILES string of the molecule is C=CCCCOCC(=O)OC(=O)C(C)(C)C. The molecule has 16 heavy (non-hydrogen) atoms. The third-order valence-electron chi connectivity index (χ3n) is 1.74. The molecule has 0 bridgehead atoms. The Kier molecular flexibility index (Phi) is 6.65. The minimum absolute atomic E-state index is 0.182. The number of carbonyl (C=O) groups is 2. The zero-order valence-electron chi connectivity index (χ0n) is 10.2. The van der Waals surface area contributed by atoms with E-state index in [-0.39, 0.29) is 6.61 Å². The van der Waals surface area contributed by atoms with Crippen LogP contribution in [0.5, 0.6) is 0 Å². The van der Waals surface area contributed by atoms with Gasteiger partial charge < -0.3 is 9.47 Å². The molecule has 0 aromatic rings. The van der Waals surface area contributed by atoms with Crippen LogP contribution in [0.2, 0.25) is 0 Å². The molecule has 0 saturated heterocycles. The smallest absolute Gasteiger partial charge is 0.339 e. The second kappa shape index (κ2) is 7.17. The third kappa shape index (κ3) is 7.17. The van der Waals surface area contributed by atoms with Gasteiger partial charge in [0.25, 0.3) is 0 Å². The highest BCUT2D eigenvalue weighted by atomic mass is 16.6. The van der Waals surface area contributed by atoms with Crippen molar-refractivity contribution in [2.75, 3.05) is 13.2 Å². The number of rotatable bonds is 6. The van der Waals surface area contributed by atoms with Crippen molar-refractivity contribution < 1.29 is 19.1 Å². The molecule has 0 aliphatic rings. The summed E-state index contributed by atoms with van der Waals surface area (Å²) in [5.41, 5.74) is -0.668. The lowest BCUT2D eigenvalue weighted by Gasteiger charge is -2.15. The Bertz CT molecular complexity index is 250. The minimum Gasteiger partial charge on any atom is -0.391 e. The molecule has 0 spiro atoms. The van der Waals surface area contributed by atoms with Gasteiger partial charge in [-0.05, 0) is 33.6 Å². The number of unbranched alkanes of at least 4 members (excludes halogenated alkanes) is 1. The van der Waals surface area contributed by atoms with Crippen LogP contribution in [-0.2, 0) is 19.1 Å². The van der Waals surface area contributed by atoms with Crippen molar-refractivity contribution in [2.24, 2.45) is 5.41 Å². The van der Waals surface area contributed by atoms with Gasteiger partial charge in [-0.25, -0.2) is 4.79 Å². The fraction of sp³-hybridized carbons (Fsp3) is 0.667. The van der Waals surface area contributed by atoms with E-state index in [1.165, 1.54) is 0 Å². The van der Waals surface area contributed by atoms with E-state index in [4.69, 9.17) is 4.74 Å². The molecule has 92 valence electrons. The lowest BCUT2D eigenvalue weighted by atomic mass is 9.97. The van der Waals surface area contributed by atoms with Crippen molar-refractivity contribution in [3.63, 3.8) is 0 Å². The third-order valence-corrected chi connectivity index (χ3v) is 1.74. The lowest BCUT2D eigenvalue weighted by Crippen LogP contribution is -2.27. The summed E-state index contributed by atoms with van der Waals surface area (Å²) in [5.74, 6) is -1.18. The Morgan fingerprint density at radius 2 is 1.94 bits per heavy atom. The standard InChI is InChI=1S/C12H20O4/c1-5-6-7-8-15-9-10(13)16-11(14)12(2,3)4/h5H,1,6-9H2,2-4H3. The molecule has 0 aromatic heterocycles. The van der Waals surface area contributed by atoms with Gasteiger partial charge in [-0.1, -0.05) is 6.08 Å². The second-order valence-electron chi connectivity index (χ2n) is 4.50. The van der Waals surface area contributed by atoms with Crippen molar-refractivity contribution >= 4 is 11.9 Å². The molecule has 0 rings (SSSR count). The number of carbonyl (C=O) groups excluding carboxylic acids is 2. The predicted molar refractivity (Wildman–Crippen MR) is 60.8 cm³/mol. The average Bonchev–Trinajstić information content (AvgIpc) is 2.16. The molecule has 0 atom stereocenters. The highest BCUT2D eigenvalue weighted by molar-refractivity contribution is 5.88. The molecule has 0 radical (unpaired) electrons. The Labute approximate surface area is 96.6 Å².